The molecular formula is C11H11. The van der Waals surface area contributed by atoms with Crippen molar-refractivity contribution < 1.29 is 0 Å². The van der Waals surface area contributed by atoms with Crippen LogP contribution in [-0.2, 0) is 6.42 Å². The standard InChI is InChI=1S/C11H11/c1-4-5-11-7-6-9(2)8-10(11)3/h6-8H,5H2,2-3H3. The highest BCUT2D eigenvalue weighted by Gasteiger charge is 1.94. The van der Waals surface area contributed by atoms with E-state index in [0.717, 1.165) is 0 Å². The van der Waals surface area contributed by atoms with E-state index in [2.05, 4.69) is 38.0 Å². The number of aryl methyl sites for hydroxylation is 2. The van der Waals surface area contributed by atoms with Gasteiger partial charge >= 0.3 is 0 Å². The van der Waals surface area contributed by atoms with Crippen LogP contribution in [0.15, 0.2) is 18.2 Å². The van der Waals surface area contributed by atoms with E-state index in [1.54, 1.807) is 0 Å². The lowest BCUT2D eigenvalue weighted by molar-refractivity contribution is 1.23. The molecule has 0 aliphatic carbocycles. The summed E-state index contributed by atoms with van der Waals surface area (Å²) in [6.07, 6.45) is 7.47. The SMILES string of the molecule is [C]#CCc1ccc(C)cc1C. The van der Waals surface area contributed by atoms with E-state index in [4.69, 9.17) is 6.42 Å². The highest BCUT2D eigenvalue weighted by Crippen LogP contribution is 2.10. The first kappa shape index (κ1) is 7.88. The number of hydrogen-bond donors (Lipinski definition) is 0. The Morgan fingerprint density at radius 3 is 2.64 bits per heavy atom. The Bertz CT molecular complexity index is 289. The van der Waals surface area contributed by atoms with Crippen molar-refractivity contribution in [2.75, 3.05) is 0 Å². The second kappa shape index (κ2) is 3.25. The minimum atomic E-state index is 0.631. The molecule has 1 aromatic rings. The normalized spacial score (nSPS) is 9.18. The molecule has 0 aromatic heterocycles. The highest BCUT2D eigenvalue weighted by molar-refractivity contribution is 5.32. The number of rotatable bonds is 1. The first-order valence-electron chi connectivity index (χ1n) is 3.70. The molecule has 0 saturated carbocycles. The Balaban J connectivity index is 3.01. The molecule has 0 atom stereocenters. The predicted molar refractivity (Wildman–Crippen MR) is 46.8 cm³/mol. The molecule has 0 unspecified atom stereocenters. The van der Waals surface area contributed by atoms with Gasteiger partial charge in [0.05, 0.1) is 0 Å². The van der Waals surface area contributed by atoms with Crippen molar-refractivity contribution in [2.24, 2.45) is 0 Å². The highest BCUT2D eigenvalue weighted by atomic mass is 14.0. The zero-order valence-corrected chi connectivity index (χ0v) is 6.94. The van der Waals surface area contributed by atoms with E-state index in [9.17, 15) is 0 Å². The van der Waals surface area contributed by atoms with Gasteiger partial charge in [0.15, 0.2) is 0 Å². The Hall–Kier alpha value is -1.22. The molecule has 0 bridgehead atoms. The third kappa shape index (κ3) is 1.85. The Labute approximate surface area is 68.3 Å². The number of hydrogen-bond acceptors (Lipinski definition) is 0. The van der Waals surface area contributed by atoms with Gasteiger partial charge in [0.2, 0.25) is 0 Å². The molecule has 0 N–H and O–H groups in total. The molecule has 0 aliphatic rings. The van der Waals surface area contributed by atoms with Crippen molar-refractivity contribution in [1.82, 2.24) is 0 Å². The van der Waals surface area contributed by atoms with Crippen LogP contribution < -0.4 is 0 Å². The van der Waals surface area contributed by atoms with Crippen LogP contribution in [0.3, 0.4) is 0 Å². The van der Waals surface area contributed by atoms with Crippen LogP contribution in [0.25, 0.3) is 0 Å². The fraction of sp³-hybridized carbons (Fsp3) is 0.273. The average molecular weight is 143 g/mol. The van der Waals surface area contributed by atoms with Gasteiger partial charge in [-0.15, -0.1) is 0 Å². The minimum absolute atomic E-state index is 0.631. The van der Waals surface area contributed by atoms with Gasteiger partial charge in [-0.2, -0.15) is 0 Å². The smallest absolute Gasteiger partial charge is 0.0353 e. The van der Waals surface area contributed by atoms with Crippen molar-refractivity contribution in [3.8, 4) is 5.92 Å². The van der Waals surface area contributed by atoms with Crippen molar-refractivity contribution in [1.29, 1.82) is 0 Å². The van der Waals surface area contributed by atoms with Crippen LogP contribution in [-0.4, -0.2) is 0 Å². The Kier molecular flexibility index (Phi) is 2.33. The van der Waals surface area contributed by atoms with Gasteiger partial charge in [-0.05, 0) is 31.4 Å². The molecule has 55 valence electrons. The summed E-state index contributed by atoms with van der Waals surface area (Å²) in [6.45, 7) is 4.14. The second-order valence-corrected chi connectivity index (χ2v) is 2.78. The monoisotopic (exact) mass is 143 g/mol. The summed E-state index contributed by atoms with van der Waals surface area (Å²) in [5, 5.41) is 0. The lowest BCUT2D eigenvalue weighted by atomic mass is 10.0. The van der Waals surface area contributed by atoms with E-state index in [0.29, 0.717) is 6.42 Å². The van der Waals surface area contributed by atoms with Crippen LogP contribution in [0, 0.1) is 26.2 Å². The molecule has 0 heteroatoms. The maximum Gasteiger partial charge on any atom is 0.0353 e. The van der Waals surface area contributed by atoms with Crippen molar-refractivity contribution in [2.45, 2.75) is 20.3 Å². The van der Waals surface area contributed by atoms with Gasteiger partial charge in [-0.1, -0.05) is 29.7 Å². The van der Waals surface area contributed by atoms with E-state index >= 15 is 0 Å². The molecule has 11 heavy (non-hydrogen) atoms. The molecule has 0 nitrogen and oxygen atoms in total. The third-order valence-corrected chi connectivity index (χ3v) is 1.78. The largest absolute Gasteiger partial charge is 0.0843 e. The summed E-state index contributed by atoms with van der Waals surface area (Å²) in [5.74, 6) is 2.39. The fourth-order valence-corrected chi connectivity index (χ4v) is 1.14. The summed E-state index contributed by atoms with van der Waals surface area (Å²) in [6, 6.07) is 6.26. The quantitative estimate of drug-likeness (QED) is 0.530. The first-order chi connectivity index (χ1) is 5.24. The van der Waals surface area contributed by atoms with E-state index in [1.807, 2.05) is 0 Å². The minimum Gasteiger partial charge on any atom is -0.0843 e. The zero-order valence-electron chi connectivity index (χ0n) is 6.94. The number of benzene rings is 1. The van der Waals surface area contributed by atoms with Gasteiger partial charge in [0, 0.05) is 6.42 Å². The van der Waals surface area contributed by atoms with Crippen LogP contribution in [0.2, 0.25) is 0 Å². The van der Waals surface area contributed by atoms with Crippen molar-refractivity contribution in [3.05, 3.63) is 41.3 Å². The van der Waals surface area contributed by atoms with Crippen LogP contribution >= 0.6 is 0 Å². The average Bonchev–Trinajstić information content (AvgIpc) is 1.95. The lowest BCUT2D eigenvalue weighted by Gasteiger charge is -2.01. The maximum atomic E-state index is 6.84. The first-order valence-corrected chi connectivity index (χ1v) is 3.70. The predicted octanol–water partition coefficient (Wildman–Crippen LogP) is 2.44. The van der Waals surface area contributed by atoms with E-state index in [-0.39, 0.29) is 0 Å². The van der Waals surface area contributed by atoms with Crippen LogP contribution in [0.1, 0.15) is 16.7 Å². The summed E-state index contributed by atoms with van der Waals surface area (Å²) in [5.41, 5.74) is 3.73. The van der Waals surface area contributed by atoms with Crippen molar-refractivity contribution in [3.63, 3.8) is 0 Å². The maximum absolute atomic E-state index is 6.84. The topological polar surface area (TPSA) is 0 Å². The summed E-state index contributed by atoms with van der Waals surface area (Å²) in [7, 11) is 0. The third-order valence-electron chi connectivity index (χ3n) is 1.78. The van der Waals surface area contributed by atoms with Gasteiger partial charge < -0.3 is 0 Å². The molecular weight excluding hydrogens is 132 g/mol. The van der Waals surface area contributed by atoms with E-state index in [1.165, 1.54) is 16.7 Å². The molecule has 0 saturated heterocycles. The molecule has 1 rings (SSSR count). The zero-order chi connectivity index (χ0) is 8.27. The Morgan fingerprint density at radius 1 is 1.36 bits per heavy atom. The Morgan fingerprint density at radius 2 is 2.09 bits per heavy atom. The molecule has 0 heterocycles. The second-order valence-electron chi connectivity index (χ2n) is 2.78. The fourth-order valence-electron chi connectivity index (χ4n) is 1.14. The van der Waals surface area contributed by atoms with Crippen molar-refractivity contribution >= 4 is 0 Å². The molecule has 0 amide bonds. The molecule has 0 fully saturated rings. The summed E-state index contributed by atoms with van der Waals surface area (Å²) in [4.78, 5) is 0. The van der Waals surface area contributed by atoms with E-state index < -0.39 is 0 Å². The summed E-state index contributed by atoms with van der Waals surface area (Å²) < 4.78 is 0. The lowest BCUT2D eigenvalue weighted by Crippen LogP contribution is -1.87. The molecule has 0 spiro atoms. The van der Waals surface area contributed by atoms with Gasteiger partial charge in [-0.3, -0.25) is 0 Å². The van der Waals surface area contributed by atoms with Gasteiger partial charge in [-0.25, -0.2) is 0 Å². The molecule has 0 aliphatic heterocycles. The summed E-state index contributed by atoms with van der Waals surface area (Å²) >= 11 is 0. The molecule has 1 radical (unpaired) electrons. The molecule has 1 aromatic carbocycles. The van der Waals surface area contributed by atoms with Crippen LogP contribution in [0.5, 0.6) is 0 Å². The van der Waals surface area contributed by atoms with Crippen LogP contribution in [0.4, 0.5) is 0 Å². The van der Waals surface area contributed by atoms with Gasteiger partial charge in [0.1, 0.15) is 0 Å². The van der Waals surface area contributed by atoms with Gasteiger partial charge in [0.25, 0.3) is 0 Å².